The first-order chi connectivity index (χ1) is 13.4. The van der Waals surface area contributed by atoms with E-state index < -0.39 is 16.8 Å². The van der Waals surface area contributed by atoms with Crippen LogP contribution in [0, 0.1) is 17.0 Å². The Balaban J connectivity index is 1.91. The first kappa shape index (κ1) is 20.6. The smallest absolute Gasteiger partial charge is 0.330 e. The zero-order valence-corrected chi connectivity index (χ0v) is 15.6. The molecular formula is C20H21N3O5. The zero-order chi connectivity index (χ0) is 20.5. The van der Waals surface area contributed by atoms with Crippen LogP contribution in [0.2, 0.25) is 0 Å². The minimum absolute atomic E-state index is 0.0525. The lowest BCUT2D eigenvalue weighted by atomic mass is 10.2. The minimum atomic E-state index is -0.529. The maximum atomic E-state index is 12.1. The van der Waals surface area contributed by atoms with Crippen molar-refractivity contribution >= 4 is 35.0 Å². The number of hydrogen-bond acceptors (Lipinski definition) is 6. The molecule has 0 atom stereocenters. The van der Waals surface area contributed by atoms with E-state index in [4.69, 9.17) is 4.74 Å². The number of rotatable bonds is 8. The van der Waals surface area contributed by atoms with Gasteiger partial charge in [0.05, 0.1) is 18.1 Å². The van der Waals surface area contributed by atoms with Gasteiger partial charge in [-0.05, 0) is 49.2 Å². The quantitative estimate of drug-likeness (QED) is 0.312. The highest BCUT2D eigenvalue weighted by Gasteiger charge is 2.15. The number of benzene rings is 2. The zero-order valence-electron chi connectivity index (χ0n) is 15.6. The number of aryl methyl sites for hydroxylation is 1. The monoisotopic (exact) mass is 383 g/mol. The van der Waals surface area contributed by atoms with E-state index in [2.05, 4.69) is 10.6 Å². The van der Waals surface area contributed by atoms with E-state index >= 15 is 0 Å². The highest BCUT2D eigenvalue weighted by molar-refractivity contribution is 5.95. The van der Waals surface area contributed by atoms with Gasteiger partial charge in [-0.1, -0.05) is 18.2 Å². The van der Waals surface area contributed by atoms with Crippen LogP contribution < -0.4 is 10.6 Å². The Hall–Kier alpha value is -3.68. The van der Waals surface area contributed by atoms with Crippen molar-refractivity contribution < 1.29 is 19.2 Å². The van der Waals surface area contributed by atoms with E-state index in [-0.39, 0.29) is 17.9 Å². The maximum absolute atomic E-state index is 12.1. The summed E-state index contributed by atoms with van der Waals surface area (Å²) >= 11 is 0. The van der Waals surface area contributed by atoms with Gasteiger partial charge in [0, 0.05) is 17.8 Å². The van der Waals surface area contributed by atoms with Crippen molar-refractivity contribution in [3.05, 3.63) is 69.8 Å². The van der Waals surface area contributed by atoms with Crippen LogP contribution in [0.5, 0.6) is 0 Å². The molecule has 2 aromatic carbocycles. The number of anilines is 2. The van der Waals surface area contributed by atoms with Crippen molar-refractivity contribution in [2.24, 2.45) is 0 Å². The minimum Gasteiger partial charge on any atom is -0.463 e. The number of esters is 1. The van der Waals surface area contributed by atoms with Gasteiger partial charge in [-0.15, -0.1) is 0 Å². The van der Waals surface area contributed by atoms with Gasteiger partial charge in [0.1, 0.15) is 5.69 Å². The van der Waals surface area contributed by atoms with Crippen molar-refractivity contribution in [1.82, 2.24) is 0 Å². The topological polar surface area (TPSA) is 111 Å². The highest BCUT2D eigenvalue weighted by Crippen LogP contribution is 2.25. The van der Waals surface area contributed by atoms with E-state index in [9.17, 15) is 19.7 Å². The number of ether oxygens (including phenoxy) is 1. The molecule has 0 saturated carbocycles. The fourth-order valence-electron chi connectivity index (χ4n) is 2.34. The van der Waals surface area contributed by atoms with E-state index in [1.165, 1.54) is 18.2 Å². The lowest BCUT2D eigenvalue weighted by Crippen LogP contribution is -2.22. The fourth-order valence-corrected chi connectivity index (χ4v) is 2.34. The molecule has 1 amide bonds. The lowest BCUT2D eigenvalue weighted by Gasteiger charge is -2.09. The molecule has 0 aliphatic rings. The summed E-state index contributed by atoms with van der Waals surface area (Å²) in [7, 11) is 0. The second-order valence-electron chi connectivity index (χ2n) is 5.89. The van der Waals surface area contributed by atoms with Crippen molar-refractivity contribution in [1.29, 1.82) is 0 Å². The van der Waals surface area contributed by atoms with Crippen LogP contribution in [0.3, 0.4) is 0 Å². The van der Waals surface area contributed by atoms with Crippen LogP contribution in [0.1, 0.15) is 18.1 Å². The van der Waals surface area contributed by atoms with Gasteiger partial charge >= 0.3 is 5.97 Å². The number of nitrogens with zero attached hydrogens (tertiary/aromatic N) is 1. The standard InChI is InChI=1S/C20H21N3O5/c1-3-28-20(25)11-7-15-5-8-16(9-6-15)21-13-19(24)22-17-10-4-14(2)12-18(17)23(26)27/h4-12,21H,3,13H2,1-2H3,(H,22,24)/b11-7+. The second kappa shape index (κ2) is 9.86. The largest absolute Gasteiger partial charge is 0.463 e. The molecule has 8 nitrogen and oxygen atoms in total. The van der Waals surface area contributed by atoms with E-state index in [0.717, 1.165) is 11.1 Å². The molecule has 8 heteroatoms. The predicted molar refractivity (Wildman–Crippen MR) is 107 cm³/mol. The van der Waals surface area contributed by atoms with Crippen LogP contribution in [0.15, 0.2) is 48.5 Å². The molecule has 0 unspecified atom stereocenters. The average Bonchev–Trinajstić information content (AvgIpc) is 2.67. The van der Waals surface area contributed by atoms with E-state index in [1.807, 2.05) is 0 Å². The van der Waals surface area contributed by atoms with Crippen molar-refractivity contribution in [3.63, 3.8) is 0 Å². The van der Waals surface area contributed by atoms with E-state index in [1.54, 1.807) is 50.3 Å². The van der Waals surface area contributed by atoms with Crippen LogP contribution in [0.4, 0.5) is 17.1 Å². The molecule has 0 heterocycles. The summed E-state index contributed by atoms with van der Waals surface area (Å²) < 4.78 is 4.81. The number of nitro groups is 1. The van der Waals surface area contributed by atoms with Gasteiger partial charge in [0.25, 0.3) is 5.69 Å². The molecule has 0 bridgehead atoms. The summed E-state index contributed by atoms with van der Waals surface area (Å²) in [5.41, 5.74) is 2.24. The second-order valence-corrected chi connectivity index (χ2v) is 5.89. The van der Waals surface area contributed by atoms with Gasteiger partial charge in [-0.25, -0.2) is 4.79 Å². The molecule has 146 valence electrons. The van der Waals surface area contributed by atoms with Crippen molar-refractivity contribution in [3.8, 4) is 0 Å². The number of nitro benzene ring substituents is 1. The third-order valence-corrected chi connectivity index (χ3v) is 3.69. The molecule has 28 heavy (non-hydrogen) atoms. The Kier molecular flexibility index (Phi) is 7.27. The van der Waals surface area contributed by atoms with E-state index in [0.29, 0.717) is 12.3 Å². The summed E-state index contributed by atoms with van der Waals surface area (Å²) in [5, 5.41) is 16.6. The Morgan fingerprint density at radius 1 is 1.18 bits per heavy atom. The van der Waals surface area contributed by atoms with Gasteiger partial charge in [-0.2, -0.15) is 0 Å². The third kappa shape index (κ3) is 6.24. The normalized spacial score (nSPS) is 10.5. The maximum Gasteiger partial charge on any atom is 0.330 e. The van der Waals surface area contributed by atoms with Crippen LogP contribution in [-0.4, -0.2) is 30.0 Å². The fraction of sp³-hybridized carbons (Fsp3) is 0.200. The number of hydrogen-bond donors (Lipinski definition) is 2. The first-order valence-electron chi connectivity index (χ1n) is 8.62. The molecule has 2 aromatic rings. The Bertz CT molecular complexity index is 891. The molecule has 0 fully saturated rings. The SMILES string of the molecule is CCOC(=O)/C=C/c1ccc(NCC(=O)Nc2ccc(C)cc2[N+](=O)[O-])cc1. The highest BCUT2D eigenvalue weighted by atomic mass is 16.6. The van der Waals surface area contributed by atoms with Gasteiger partial charge in [-0.3, -0.25) is 14.9 Å². The number of carbonyl (C=O) groups is 2. The molecule has 0 radical (unpaired) electrons. The van der Waals surface area contributed by atoms with Gasteiger partial charge in [0.15, 0.2) is 0 Å². The summed E-state index contributed by atoms with van der Waals surface area (Å²) in [6.45, 7) is 3.74. The summed E-state index contributed by atoms with van der Waals surface area (Å²) in [5.74, 6) is -0.815. The molecule has 2 rings (SSSR count). The molecule has 0 aliphatic heterocycles. The summed E-state index contributed by atoms with van der Waals surface area (Å²) in [4.78, 5) is 34.0. The molecule has 2 N–H and O–H groups in total. The Labute approximate surface area is 162 Å². The Morgan fingerprint density at radius 3 is 2.54 bits per heavy atom. The summed E-state index contributed by atoms with van der Waals surface area (Å²) in [6.07, 6.45) is 2.97. The van der Waals surface area contributed by atoms with Crippen LogP contribution in [0.25, 0.3) is 6.08 Å². The number of nitrogens with one attached hydrogen (secondary N) is 2. The molecule has 0 aromatic heterocycles. The van der Waals surface area contributed by atoms with Crippen molar-refractivity contribution in [2.75, 3.05) is 23.8 Å². The third-order valence-electron chi connectivity index (χ3n) is 3.69. The molecular weight excluding hydrogens is 362 g/mol. The average molecular weight is 383 g/mol. The van der Waals surface area contributed by atoms with Crippen molar-refractivity contribution in [2.45, 2.75) is 13.8 Å². The summed E-state index contributed by atoms with van der Waals surface area (Å²) in [6, 6.07) is 11.7. The predicted octanol–water partition coefficient (Wildman–Crippen LogP) is 3.53. The van der Waals surface area contributed by atoms with Crippen LogP contribution >= 0.6 is 0 Å². The lowest BCUT2D eigenvalue weighted by molar-refractivity contribution is -0.384. The molecule has 0 saturated heterocycles. The van der Waals surface area contributed by atoms with Crippen LogP contribution in [-0.2, 0) is 14.3 Å². The number of amides is 1. The van der Waals surface area contributed by atoms with Gasteiger partial charge in [0.2, 0.25) is 5.91 Å². The first-order valence-corrected chi connectivity index (χ1v) is 8.62. The Morgan fingerprint density at radius 2 is 1.89 bits per heavy atom. The molecule has 0 aliphatic carbocycles. The van der Waals surface area contributed by atoms with Gasteiger partial charge < -0.3 is 15.4 Å². The molecule has 0 spiro atoms. The number of carbonyl (C=O) groups excluding carboxylic acids is 2.